The molecule has 0 spiro atoms. The number of aromatic nitrogens is 2. The molecule has 0 amide bonds. The van der Waals surface area contributed by atoms with Crippen LogP contribution in [0.15, 0.2) is 114 Å². The van der Waals surface area contributed by atoms with E-state index in [4.69, 9.17) is 9.40 Å². The van der Waals surface area contributed by atoms with Gasteiger partial charge in [-0.1, -0.05) is 80.9 Å². The number of nitrogens with zero attached hydrogens (tertiary/aromatic N) is 2. The quantitative estimate of drug-likeness (QED) is 0.239. The van der Waals surface area contributed by atoms with Crippen LogP contribution in [0.2, 0.25) is 0 Å². The smallest absolute Gasteiger partial charge is 0.145 e. The van der Waals surface area contributed by atoms with Crippen molar-refractivity contribution in [1.29, 1.82) is 0 Å². The van der Waals surface area contributed by atoms with Gasteiger partial charge in [-0.25, -0.2) is 4.98 Å². The van der Waals surface area contributed by atoms with Crippen LogP contribution in [0.1, 0.15) is 31.9 Å². The highest BCUT2D eigenvalue weighted by Crippen LogP contribution is 2.39. The summed E-state index contributed by atoms with van der Waals surface area (Å²) in [6, 6.07) is 38.6. The predicted molar refractivity (Wildman–Crippen MR) is 163 cm³/mol. The molecule has 0 radical (unpaired) electrons. The Morgan fingerprint density at radius 1 is 0.641 bits per heavy atom. The number of para-hydroxylation sites is 2. The summed E-state index contributed by atoms with van der Waals surface area (Å²) in [5.41, 5.74) is 11.0. The van der Waals surface area contributed by atoms with Gasteiger partial charge in [-0.3, -0.25) is 4.57 Å². The molecule has 0 N–H and O–H groups in total. The van der Waals surface area contributed by atoms with Crippen molar-refractivity contribution in [1.82, 2.24) is 9.55 Å². The van der Waals surface area contributed by atoms with Crippen LogP contribution in [0.5, 0.6) is 0 Å². The Kier molecular flexibility index (Phi) is 5.24. The van der Waals surface area contributed by atoms with Crippen molar-refractivity contribution in [2.45, 2.75) is 33.1 Å². The summed E-state index contributed by atoms with van der Waals surface area (Å²) in [5, 5.41) is 2.25. The summed E-state index contributed by atoms with van der Waals surface area (Å²) < 4.78 is 8.50. The monoisotopic (exact) mass is 506 g/mol. The van der Waals surface area contributed by atoms with Crippen LogP contribution in [0.3, 0.4) is 0 Å². The molecule has 0 saturated carbocycles. The molecule has 7 aromatic rings. The van der Waals surface area contributed by atoms with E-state index in [1.807, 2.05) is 0 Å². The second-order valence-electron chi connectivity index (χ2n) is 11.4. The van der Waals surface area contributed by atoms with Crippen molar-refractivity contribution in [2.24, 2.45) is 0 Å². The number of rotatable bonds is 3. The van der Waals surface area contributed by atoms with Crippen LogP contribution < -0.4 is 0 Å². The van der Waals surface area contributed by atoms with Crippen molar-refractivity contribution in [3.8, 4) is 28.2 Å². The van der Waals surface area contributed by atoms with Crippen LogP contribution in [0.25, 0.3) is 61.2 Å². The molecule has 0 aliphatic rings. The van der Waals surface area contributed by atoms with Crippen LogP contribution in [-0.2, 0) is 5.41 Å². The van der Waals surface area contributed by atoms with Crippen molar-refractivity contribution in [3.05, 3.63) is 120 Å². The molecule has 5 aromatic carbocycles. The molecule has 3 heteroatoms. The molecule has 0 fully saturated rings. The molecule has 0 aliphatic heterocycles. The van der Waals surface area contributed by atoms with Gasteiger partial charge in [0.1, 0.15) is 17.0 Å². The molecular formula is C36H30N2O. The van der Waals surface area contributed by atoms with Crippen LogP contribution in [0.4, 0.5) is 0 Å². The third-order valence-electron chi connectivity index (χ3n) is 7.60. The molecule has 39 heavy (non-hydrogen) atoms. The molecule has 0 aliphatic carbocycles. The van der Waals surface area contributed by atoms with Gasteiger partial charge in [-0.2, -0.15) is 0 Å². The fourth-order valence-corrected chi connectivity index (χ4v) is 5.64. The maximum absolute atomic E-state index is 6.16. The topological polar surface area (TPSA) is 31.0 Å². The zero-order chi connectivity index (χ0) is 26.7. The van der Waals surface area contributed by atoms with Gasteiger partial charge in [0.25, 0.3) is 0 Å². The van der Waals surface area contributed by atoms with E-state index >= 15 is 0 Å². The number of hydrogen-bond acceptors (Lipinski definition) is 2. The Hall–Kier alpha value is -4.63. The maximum atomic E-state index is 6.16. The minimum Gasteiger partial charge on any atom is -0.456 e. The Bertz CT molecular complexity index is 2000. The lowest BCUT2D eigenvalue weighted by Gasteiger charge is -2.25. The van der Waals surface area contributed by atoms with Crippen molar-refractivity contribution in [2.75, 3.05) is 0 Å². The second-order valence-corrected chi connectivity index (χ2v) is 11.4. The Labute approximate surface area is 228 Å². The van der Waals surface area contributed by atoms with Crippen LogP contribution in [0, 0.1) is 6.92 Å². The van der Waals surface area contributed by atoms with Crippen LogP contribution >= 0.6 is 0 Å². The molecule has 2 aromatic heterocycles. The molecule has 7 rings (SSSR count). The zero-order valence-electron chi connectivity index (χ0n) is 22.7. The Balaban J connectivity index is 1.50. The van der Waals surface area contributed by atoms with Crippen molar-refractivity contribution >= 4 is 33.0 Å². The van der Waals surface area contributed by atoms with Gasteiger partial charge in [0.2, 0.25) is 0 Å². The average Bonchev–Trinajstić information content (AvgIpc) is 3.50. The lowest BCUT2D eigenvalue weighted by Crippen LogP contribution is -2.16. The molecule has 0 bridgehead atoms. The minimum atomic E-state index is -0.0784. The number of imidazole rings is 1. The first kappa shape index (κ1) is 23.5. The highest BCUT2D eigenvalue weighted by Gasteiger charge is 2.24. The lowest BCUT2D eigenvalue weighted by molar-refractivity contribution is 0.587. The first-order valence-corrected chi connectivity index (χ1v) is 13.5. The maximum Gasteiger partial charge on any atom is 0.145 e. The fraction of sp³-hybridized carbons (Fsp3) is 0.139. The van der Waals surface area contributed by atoms with E-state index in [1.54, 1.807) is 0 Å². The molecule has 3 nitrogen and oxygen atoms in total. The number of fused-ring (bicyclic) bond motifs is 4. The summed E-state index contributed by atoms with van der Waals surface area (Å²) in [5.74, 6) is 0.929. The summed E-state index contributed by atoms with van der Waals surface area (Å²) in [4.78, 5) is 5.18. The summed E-state index contributed by atoms with van der Waals surface area (Å²) in [7, 11) is 0. The number of benzene rings is 5. The van der Waals surface area contributed by atoms with Gasteiger partial charge >= 0.3 is 0 Å². The second kappa shape index (κ2) is 8.71. The normalized spacial score (nSPS) is 12.1. The van der Waals surface area contributed by atoms with Gasteiger partial charge in [0.05, 0.1) is 16.7 Å². The zero-order valence-corrected chi connectivity index (χ0v) is 22.7. The molecule has 2 heterocycles. The van der Waals surface area contributed by atoms with E-state index in [2.05, 4.69) is 141 Å². The third kappa shape index (κ3) is 3.93. The lowest BCUT2D eigenvalue weighted by atomic mass is 9.84. The van der Waals surface area contributed by atoms with E-state index in [0.29, 0.717) is 0 Å². The number of aryl methyl sites for hydroxylation is 1. The highest BCUT2D eigenvalue weighted by atomic mass is 16.3. The molecular weight excluding hydrogens is 476 g/mol. The van der Waals surface area contributed by atoms with E-state index < -0.39 is 0 Å². The molecule has 0 unspecified atom stereocenters. The van der Waals surface area contributed by atoms with Crippen molar-refractivity contribution in [3.63, 3.8) is 0 Å². The summed E-state index contributed by atoms with van der Waals surface area (Å²) in [6.45, 7) is 8.97. The van der Waals surface area contributed by atoms with Gasteiger partial charge < -0.3 is 4.42 Å². The molecule has 0 saturated heterocycles. The summed E-state index contributed by atoms with van der Waals surface area (Å²) >= 11 is 0. The van der Waals surface area contributed by atoms with Gasteiger partial charge in [-0.15, -0.1) is 0 Å². The molecule has 0 atom stereocenters. The Morgan fingerprint density at radius 3 is 2.13 bits per heavy atom. The predicted octanol–water partition coefficient (Wildman–Crippen LogP) is 9.86. The van der Waals surface area contributed by atoms with Crippen molar-refractivity contribution < 1.29 is 4.42 Å². The number of hydrogen-bond donors (Lipinski definition) is 0. The highest BCUT2D eigenvalue weighted by molar-refractivity contribution is 6.06. The fourth-order valence-electron chi connectivity index (χ4n) is 5.64. The SMILES string of the molecule is Cc1ccc2oc3ccc(-c4nc5ccccc5n4-c4ccc(-c5ccccc5)cc4C(C)(C)C)cc3c2c1. The third-order valence-corrected chi connectivity index (χ3v) is 7.60. The van der Waals surface area contributed by atoms with Crippen LogP contribution in [-0.4, -0.2) is 9.55 Å². The minimum absolute atomic E-state index is 0.0784. The Morgan fingerprint density at radius 2 is 1.33 bits per heavy atom. The average molecular weight is 507 g/mol. The van der Waals surface area contributed by atoms with Gasteiger partial charge in [-0.05, 0) is 83.6 Å². The largest absolute Gasteiger partial charge is 0.456 e. The molecule has 190 valence electrons. The summed E-state index contributed by atoms with van der Waals surface area (Å²) in [6.07, 6.45) is 0. The van der Waals surface area contributed by atoms with E-state index in [9.17, 15) is 0 Å². The number of furan rings is 1. The van der Waals surface area contributed by atoms with Gasteiger partial charge in [0, 0.05) is 16.3 Å². The van der Waals surface area contributed by atoms with E-state index in [-0.39, 0.29) is 5.41 Å². The van der Waals surface area contributed by atoms with Gasteiger partial charge in [0.15, 0.2) is 0 Å². The first-order valence-electron chi connectivity index (χ1n) is 13.5. The van der Waals surface area contributed by atoms with E-state index in [0.717, 1.165) is 50.0 Å². The van der Waals surface area contributed by atoms with E-state index in [1.165, 1.54) is 22.3 Å². The first-order chi connectivity index (χ1) is 18.9. The standard InChI is InChI=1S/C36H30N2O/c1-23-14-18-33-27(20-23)28-21-26(16-19-34(28)39-33)35-37-30-12-8-9-13-32(30)38(35)31-17-15-25(22-29(31)36(2,3)4)24-10-6-5-7-11-24/h5-22H,1-4H3.